The standard InChI is InChI=1S/C17H26N2O2/c1-21-14-16-9-12-19(13-10-16)17(20)18-11-5-8-15-6-3-2-4-7-15/h2-4,6-7,16H,5,8-14H2,1H3,(H,18,20). The van der Waals surface area contributed by atoms with Gasteiger partial charge in [0, 0.05) is 33.4 Å². The Bertz CT molecular complexity index is 414. The fourth-order valence-electron chi connectivity index (χ4n) is 2.78. The molecule has 2 amide bonds. The second kappa shape index (κ2) is 8.67. The average Bonchev–Trinajstić information content (AvgIpc) is 2.53. The number of amides is 2. The van der Waals surface area contributed by atoms with E-state index >= 15 is 0 Å². The number of benzene rings is 1. The van der Waals surface area contributed by atoms with Gasteiger partial charge in [-0.15, -0.1) is 0 Å². The van der Waals surface area contributed by atoms with Crippen LogP contribution in [0, 0.1) is 5.92 Å². The van der Waals surface area contributed by atoms with Crippen molar-refractivity contribution in [3.63, 3.8) is 0 Å². The first-order valence-corrected chi connectivity index (χ1v) is 7.85. The van der Waals surface area contributed by atoms with Gasteiger partial charge in [0.15, 0.2) is 0 Å². The number of nitrogens with zero attached hydrogens (tertiary/aromatic N) is 1. The summed E-state index contributed by atoms with van der Waals surface area (Å²) < 4.78 is 5.18. The van der Waals surface area contributed by atoms with E-state index in [9.17, 15) is 4.79 Å². The van der Waals surface area contributed by atoms with E-state index in [1.165, 1.54) is 5.56 Å². The zero-order valence-corrected chi connectivity index (χ0v) is 12.9. The molecule has 4 nitrogen and oxygen atoms in total. The van der Waals surface area contributed by atoms with Crippen LogP contribution in [0.3, 0.4) is 0 Å². The van der Waals surface area contributed by atoms with E-state index in [-0.39, 0.29) is 6.03 Å². The van der Waals surface area contributed by atoms with Crippen molar-refractivity contribution in [2.75, 3.05) is 33.4 Å². The van der Waals surface area contributed by atoms with E-state index in [4.69, 9.17) is 4.74 Å². The number of piperidine rings is 1. The van der Waals surface area contributed by atoms with Gasteiger partial charge in [-0.05, 0) is 37.2 Å². The molecule has 1 heterocycles. The summed E-state index contributed by atoms with van der Waals surface area (Å²) in [5.41, 5.74) is 1.33. The van der Waals surface area contributed by atoms with Crippen LogP contribution < -0.4 is 5.32 Å². The predicted octanol–water partition coefficient (Wildman–Crippen LogP) is 2.69. The smallest absolute Gasteiger partial charge is 0.317 e. The van der Waals surface area contributed by atoms with E-state index in [2.05, 4.69) is 29.6 Å². The highest BCUT2D eigenvalue weighted by molar-refractivity contribution is 5.74. The highest BCUT2D eigenvalue weighted by atomic mass is 16.5. The van der Waals surface area contributed by atoms with Gasteiger partial charge in [0.25, 0.3) is 0 Å². The van der Waals surface area contributed by atoms with Crippen LogP contribution in [0.2, 0.25) is 0 Å². The van der Waals surface area contributed by atoms with Crippen LogP contribution in [-0.4, -0.2) is 44.3 Å². The van der Waals surface area contributed by atoms with Crippen molar-refractivity contribution in [3.8, 4) is 0 Å². The molecular formula is C17H26N2O2. The molecule has 0 aliphatic carbocycles. The molecule has 116 valence electrons. The first-order valence-electron chi connectivity index (χ1n) is 7.85. The lowest BCUT2D eigenvalue weighted by molar-refractivity contribution is 0.107. The molecule has 1 saturated heterocycles. The summed E-state index contributed by atoms with van der Waals surface area (Å²) in [6, 6.07) is 10.5. The number of ether oxygens (including phenoxy) is 1. The SMILES string of the molecule is COCC1CCN(C(=O)NCCCc2ccccc2)CC1. The molecule has 21 heavy (non-hydrogen) atoms. The van der Waals surface area contributed by atoms with Crippen molar-refractivity contribution in [2.45, 2.75) is 25.7 Å². The molecule has 0 spiro atoms. The van der Waals surface area contributed by atoms with E-state index in [1.54, 1.807) is 7.11 Å². The Morgan fingerprint density at radius 3 is 2.67 bits per heavy atom. The Balaban J connectivity index is 1.60. The molecule has 1 N–H and O–H groups in total. The molecular weight excluding hydrogens is 264 g/mol. The van der Waals surface area contributed by atoms with Crippen LogP contribution in [0.15, 0.2) is 30.3 Å². The second-order valence-electron chi connectivity index (χ2n) is 5.71. The predicted molar refractivity (Wildman–Crippen MR) is 84.3 cm³/mol. The van der Waals surface area contributed by atoms with Gasteiger partial charge in [-0.3, -0.25) is 0 Å². The number of hydrogen-bond donors (Lipinski definition) is 1. The van der Waals surface area contributed by atoms with Gasteiger partial charge in [0.2, 0.25) is 0 Å². The van der Waals surface area contributed by atoms with Crippen LogP contribution in [-0.2, 0) is 11.2 Å². The molecule has 0 atom stereocenters. The second-order valence-corrected chi connectivity index (χ2v) is 5.71. The third-order valence-corrected chi connectivity index (χ3v) is 4.07. The van der Waals surface area contributed by atoms with Crippen molar-refractivity contribution in [1.29, 1.82) is 0 Å². The molecule has 1 aliphatic rings. The lowest BCUT2D eigenvalue weighted by atomic mass is 9.98. The first-order chi connectivity index (χ1) is 10.3. The Kier molecular flexibility index (Phi) is 6.54. The average molecular weight is 290 g/mol. The number of rotatable bonds is 6. The number of urea groups is 1. The monoisotopic (exact) mass is 290 g/mol. The van der Waals surface area contributed by atoms with Crippen molar-refractivity contribution >= 4 is 6.03 Å². The van der Waals surface area contributed by atoms with Gasteiger partial charge in [0.05, 0.1) is 0 Å². The number of carbonyl (C=O) groups excluding carboxylic acids is 1. The molecule has 1 aromatic carbocycles. The highest BCUT2D eigenvalue weighted by Gasteiger charge is 2.22. The van der Waals surface area contributed by atoms with Gasteiger partial charge in [-0.2, -0.15) is 0 Å². The summed E-state index contributed by atoms with van der Waals surface area (Å²) in [5.74, 6) is 0.608. The van der Waals surface area contributed by atoms with Gasteiger partial charge in [0.1, 0.15) is 0 Å². The summed E-state index contributed by atoms with van der Waals surface area (Å²) in [5, 5.41) is 3.03. The molecule has 0 radical (unpaired) electrons. The van der Waals surface area contributed by atoms with Crippen LogP contribution >= 0.6 is 0 Å². The topological polar surface area (TPSA) is 41.6 Å². The molecule has 1 fully saturated rings. The van der Waals surface area contributed by atoms with E-state index < -0.39 is 0 Å². The third kappa shape index (κ3) is 5.38. The highest BCUT2D eigenvalue weighted by Crippen LogP contribution is 2.17. The summed E-state index contributed by atoms with van der Waals surface area (Å²) in [4.78, 5) is 14.0. The van der Waals surface area contributed by atoms with Crippen LogP contribution in [0.4, 0.5) is 4.79 Å². The maximum Gasteiger partial charge on any atom is 0.317 e. The normalized spacial score (nSPS) is 16.0. The molecule has 0 unspecified atom stereocenters. The fourth-order valence-corrected chi connectivity index (χ4v) is 2.78. The zero-order valence-electron chi connectivity index (χ0n) is 12.9. The molecule has 4 heteroatoms. The van der Waals surface area contributed by atoms with E-state index in [0.717, 1.165) is 51.9 Å². The summed E-state index contributed by atoms with van der Waals surface area (Å²) in [7, 11) is 1.74. The Labute approximate surface area is 127 Å². The number of methoxy groups -OCH3 is 1. The molecule has 0 bridgehead atoms. The Hall–Kier alpha value is -1.55. The fraction of sp³-hybridized carbons (Fsp3) is 0.588. The molecule has 1 aromatic rings. The number of carbonyl (C=O) groups is 1. The quantitative estimate of drug-likeness (QED) is 0.818. The van der Waals surface area contributed by atoms with Crippen molar-refractivity contribution in [3.05, 3.63) is 35.9 Å². The van der Waals surface area contributed by atoms with Crippen molar-refractivity contribution in [2.24, 2.45) is 5.92 Å². The van der Waals surface area contributed by atoms with Gasteiger partial charge >= 0.3 is 6.03 Å². The van der Waals surface area contributed by atoms with Crippen LogP contribution in [0.1, 0.15) is 24.8 Å². The van der Waals surface area contributed by atoms with Gasteiger partial charge in [-0.1, -0.05) is 30.3 Å². The summed E-state index contributed by atoms with van der Waals surface area (Å²) in [6.45, 7) is 3.25. The van der Waals surface area contributed by atoms with Crippen LogP contribution in [0.5, 0.6) is 0 Å². The van der Waals surface area contributed by atoms with E-state index in [0.29, 0.717) is 5.92 Å². The lowest BCUT2D eigenvalue weighted by Crippen LogP contribution is -2.45. The molecule has 2 rings (SSSR count). The van der Waals surface area contributed by atoms with Gasteiger partial charge < -0.3 is 15.0 Å². The maximum absolute atomic E-state index is 12.1. The minimum Gasteiger partial charge on any atom is -0.384 e. The zero-order chi connectivity index (χ0) is 14.9. The number of aryl methyl sites for hydroxylation is 1. The molecule has 0 saturated carbocycles. The van der Waals surface area contributed by atoms with Crippen LogP contribution in [0.25, 0.3) is 0 Å². The Morgan fingerprint density at radius 1 is 1.29 bits per heavy atom. The van der Waals surface area contributed by atoms with Crippen molar-refractivity contribution in [1.82, 2.24) is 10.2 Å². The minimum absolute atomic E-state index is 0.0823. The molecule has 0 aromatic heterocycles. The largest absolute Gasteiger partial charge is 0.384 e. The number of hydrogen-bond acceptors (Lipinski definition) is 2. The number of likely N-dealkylation sites (tertiary alicyclic amines) is 1. The molecule has 1 aliphatic heterocycles. The van der Waals surface area contributed by atoms with E-state index in [1.807, 2.05) is 11.0 Å². The lowest BCUT2D eigenvalue weighted by Gasteiger charge is -2.31. The Morgan fingerprint density at radius 2 is 2.00 bits per heavy atom. The number of nitrogens with one attached hydrogen (secondary N) is 1. The van der Waals surface area contributed by atoms with Crippen molar-refractivity contribution < 1.29 is 9.53 Å². The van der Waals surface area contributed by atoms with Gasteiger partial charge in [-0.25, -0.2) is 4.79 Å². The minimum atomic E-state index is 0.0823. The first kappa shape index (κ1) is 15.8. The summed E-state index contributed by atoms with van der Waals surface area (Å²) >= 11 is 0. The maximum atomic E-state index is 12.1. The summed E-state index contributed by atoms with van der Waals surface area (Å²) in [6.07, 6.45) is 4.09. The third-order valence-electron chi connectivity index (χ3n) is 4.07.